The zero-order valence-electron chi connectivity index (χ0n) is 28.9. The molecule has 0 amide bonds. The van der Waals surface area contributed by atoms with E-state index in [0.717, 1.165) is 73.4 Å². The number of hydrogen-bond donors (Lipinski definition) is 0. The molecule has 4 nitrogen and oxygen atoms in total. The monoisotopic (exact) mass is 679 g/mol. The van der Waals surface area contributed by atoms with Gasteiger partial charge in [0.15, 0.2) is 17.5 Å². The van der Waals surface area contributed by atoms with Crippen LogP contribution >= 0.6 is 0 Å². The summed E-state index contributed by atoms with van der Waals surface area (Å²) in [5.41, 5.74) is 11.5. The molecule has 1 aliphatic carbocycles. The first-order valence-corrected chi connectivity index (χ1v) is 18.1. The van der Waals surface area contributed by atoms with Crippen LogP contribution in [0.1, 0.15) is 18.4 Å². The third kappa shape index (κ3) is 5.53. The van der Waals surface area contributed by atoms with Crippen molar-refractivity contribution in [2.75, 3.05) is 0 Å². The van der Waals surface area contributed by atoms with E-state index in [0.29, 0.717) is 17.5 Å². The Bertz CT molecular complexity index is 2870. The molecule has 0 unspecified atom stereocenters. The molecule has 0 bridgehead atoms. The van der Waals surface area contributed by atoms with E-state index in [1.807, 2.05) is 54.6 Å². The minimum atomic E-state index is 0.597. The second-order valence-electron chi connectivity index (χ2n) is 13.4. The summed E-state index contributed by atoms with van der Waals surface area (Å²) in [7, 11) is 0. The van der Waals surface area contributed by atoms with Crippen molar-refractivity contribution in [2.45, 2.75) is 12.8 Å². The quantitative estimate of drug-likeness (QED) is 0.175. The molecular formula is C49H33N3O. The fourth-order valence-electron chi connectivity index (χ4n) is 7.66. The molecule has 2 heterocycles. The van der Waals surface area contributed by atoms with E-state index < -0.39 is 0 Å². The first-order valence-electron chi connectivity index (χ1n) is 18.1. The number of fused-ring (bicyclic) bond motifs is 4. The average molecular weight is 680 g/mol. The molecule has 0 fully saturated rings. The SMILES string of the molecule is C1=CC(c2ccc(-c3cccc4oc5cccc(-c6nc(-c7ccccc7)nc(-c7ccc(-c8ccccc8)c8ccccc78)n6)c5c34)cc2)=CCC1. The molecule has 0 spiro atoms. The minimum Gasteiger partial charge on any atom is -0.456 e. The van der Waals surface area contributed by atoms with Crippen LogP contribution in [-0.4, -0.2) is 15.0 Å². The number of furan rings is 1. The molecule has 4 heteroatoms. The molecule has 2 aromatic heterocycles. The Morgan fingerprint density at radius 1 is 0.377 bits per heavy atom. The van der Waals surface area contributed by atoms with Crippen molar-refractivity contribution in [3.63, 3.8) is 0 Å². The lowest BCUT2D eigenvalue weighted by molar-refractivity contribution is 0.669. The maximum absolute atomic E-state index is 6.55. The van der Waals surface area contributed by atoms with E-state index in [1.54, 1.807) is 0 Å². The van der Waals surface area contributed by atoms with Gasteiger partial charge in [-0.05, 0) is 75.2 Å². The highest BCUT2D eigenvalue weighted by molar-refractivity contribution is 6.17. The van der Waals surface area contributed by atoms with Gasteiger partial charge in [-0.25, -0.2) is 15.0 Å². The molecule has 0 atom stereocenters. The summed E-state index contributed by atoms with van der Waals surface area (Å²) in [5, 5.41) is 4.26. The molecule has 0 saturated carbocycles. The van der Waals surface area contributed by atoms with Crippen LogP contribution in [0.3, 0.4) is 0 Å². The Balaban J connectivity index is 1.18. The van der Waals surface area contributed by atoms with Crippen molar-refractivity contribution in [2.24, 2.45) is 0 Å². The summed E-state index contributed by atoms with van der Waals surface area (Å²) in [6.45, 7) is 0. The molecule has 0 radical (unpaired) electrons. The zero-order chi connectivity index (χ0) is 35.1. The number of aromatic nitrogens is 3. The molecule has 9 aromatic rings. The standard InChI is InChI=1S/C49H33N3O/c1-4-14-32(15-5-1)33-26-28-35(29-27-33)38-22-12-24-43-45(38)46-42(23-13-25-44(46)53-43)49-51-47(36-18-8-3-9-19-36)50-48(52-49)41-31-30-37(34-16-6-2-7-17-34)39-20-10-11-21-40(39)41/h2-4,6-31H,1,5H2. The number of nitrogens with zero attached hydrogens (tertiary/aromatic N) is 3. The van der Waals surface area contributed by atoms with E-state index in [4.69, 9.17) is 19.4 Å². The molecule has 0 saturated heterocycles. The maximum Gasteiger partial charge on any atom is 0.164 e. The van der Waals surface area contributed by atoms with Gasteiger partial charge in [0.1, 0.15) is 11.2 Å². The van der Waals surface area contributed by atoms with Crippen molar-refractivity contribution in [3.8, 4) is 56.4 Å². The van der Waals surface area contributed by atoms with Gasteiger partial charge in [-0.15, -0.1) is 0 Å². The molecular weight excluding hydrogens is 647 g/mol. The van der Waals surface area contributed by atoms with Crippen molar-refractivity contribution >= 4 is 38.3 Å². The van der Waals surface area contributed by atoms with Gasteiger partial charge < -0.3 is 4.42 Å². The van der Waals surface area contributed by atoms with Crippen LogP contribution in [0.4, 0.5) is 0 Å². The van der Waals surface area contributed by atoms with Crippen LogP contribution < -0.4 is 0 Å². The molecule has 250 valence electrons. The zero-order valence-corrected chi connectivity index (χ0v) is 28.9. The Labute approximate surface area is 307 Å². The average Bonchev–Trinajstić information content (AvgIpc) is 3.63. The van der Waals surface area contributed by atoms with Crippen LogP contribution in [0.2, 0.25) is 0 Å². The largest absolute Gasteiger partial charge is 0.456 e. The molecule has 1 aliphatic rings. The number of allylic oxidation sites excluding steroid dienone is 4. The fraction of sp³-hybridized carbons (Fsp3) is 0.0408. The third-order valence-corrected chi connectivity index (χ3v) is 10.2. The Morgan fingerprint density at radius 3 is 1.62 bits per heavy atom. The number of benzene rings is 7. The fourth-order valence-corrected chi connectivity index (χ4v) is 7.66. The molecule has 53 heavy (non-hydrogen) atoms. The molecule has 0 N–H and O–H groups in total. The van der Waals surface area contributed by atoms with Gasteiger partial charge in [-0.2, -0.15) is 0 Å². The van der Waals surface area contributed by atoms with Crippen LogP contribution in [-0.2, 0) is 0 Å². The number of hydrogen-bond acceptors (Lipinski definition) is 4. The predicted octanol–water partition coefficient (Wildman–Crippen LogP) is 13.0. The molecule has 0 aliphatic heterocycles. The van der Waals surface area contributed by atoms with Crippen LogP contribution in [0.5, 0.6) is 0 Å². The maximum atomic E-state index is 6.55. The normalized spacial score (nSPS) is 12.8. The van der Waals surface area contributed by atoms with E-state index >= 15 is 0 Å². The van der Waals surface area contributed by atoms with Crippen molar-refractivity contribution in [3.05, 3.63) is 182 Å². The smallest absolute Gasteiger partial charge is 0.164 e. The first-order chi connectivity index (χ1) is 26.3. The topological polar surface area (TPSA) is 51.8 Å². The van der Waals surface area contributed by atoms with Gasteiger partial charge >= 0.3 is 0 Å². The predicted molar refractivity (Wildman–Crippen MR) is 218 cm³/mol. The lowest BCUT2D eigenvalue weighted by Gasteiger charge is -2.13. The van der Waals surface area contributed by atoms with Gasteiger partial charge in [0, 0.05) is 27.5 Å². The van der Waals surface area contributed by atoms with Crippen LogP contribution in [0.15, 0.2) is 180 Å². The highest BCUT2D eigenvalue weighted by Gasteiger charge is 2.21. The summed E-state index contributed by atoms with van der Waals surface area (Å²) in [4.78, 5) is 15.6. The van der Waals surface area contributed by atoms with Gasteiger partial charge in [0.05, 0.1) is 0 Å². The van der Waals surface area contributed by atoms with Gasteiger partial charge in [0.2, 0.25) is 0 Å². The van der Waals surface area contributed by atoms with E-state index in [9.17, 15) is 0 Å². The van der Waals surface area contributed by atoms with Gasteiger partial charge in [-0.1, -0.05) is 158 Å². The lowest BCUT2D eigenvalue weighted by Crippen LogP contribution is -2.01. The number of rotatable bonds is 6. The summed E-state index contributed by atoms with van der Waals surface area (Å²) in [5.74, 6) is 1.84. The first kappa shape index (κ1) is 30.9. The summed E-state index contributed by atoms with van der Waals surface area (Å²) < 4.78 is 6.55. The Morgan fingerprint density at radius 2 is 0.925 bits per heavy atom. The van der Waals surface area contributed by atoms with Crippen LogP contribution in [0.25, 0.3) is 94.7 Å². The van der Waals surface area contributed by atoms with E-state index in [1.165, 1.54) is 22.3 Å². The minimum absolute atomic E-state index is 0.597. The van der Waals surface area contributed by atoms with E-state index in [2.05, 4.69) is 121 Å². The summed E-state index contributed by atoms with van der Waals surface area (Å²) in [6, 6.07) is 54.8. The Kier molecular flexibility index (Phi) is 7.58. The van der Waals surface area contributed by atoms with Gasteiger partial charge in [-0.3, -0.25) is 0 Å². The highest BCUT2D eigenvalue weighted by Crippen LogP contribution is 2.42. The highest BCUT2D eigenvalue weighted by atomic mass is 16.3. The second kappa shape index (κ2) is 13.0. The van der Waals surface area contributed by atoms with Crippen LogP contribution in [0, 0.1) is 0 Å². The van der Waals surface area contributed by atoms with E-state index in [-0.39, 0.29) is 0 Å². The Hall–Kier alpha value is -6.91. The van der Waals surface area contributed by atoms with Crippen molar-refractivity contribution in [1.82, 2.24) is 15.0 Å². The van der Waals surface area contributed by atoms with Crippen molar-refractivity contribution in [1.29, 1.82) is 0 Å². The molecule has 7 aromatic carbocycles. The summed E-state index contributed by atoms with van der Waals surface area (Å²) >= 11 is 0. The second-order valence-corrected chi connectivity index (χ2v) is 13.4. The summed E-state index contributed by atoms with van der Waals surface area (Å²) in [6.07, 6.45) is 8.98. The molecule has 10 rings (SSSR count). The van der Waals surface area contributed by atoms with Crippen molar-refractivity contribution < 1.29 is 4.42 Å². The lowest BCUT2D eigenvalue weighted by atomic mass is 9.94. The third-order valence-electron chi connectivity index (χ3n) is 10.2. The van der Waals surface area contributed by atoms with Gasteiger partial charge in [0.25, 0.3) is 0 Å².